The van der Waals surface area contributed by atoms with Crippen LogP contribution in [0.4, 0.5) is 5.95 Å². The van der Waals surface area contributed by atoms with E-state index in [4.69, 9.17) is 15.0 Å². The Morgan fingerprint density at radius 2 is 2.30 bits per heavy atom. The number of hydrogen-bond acceptors (Lipinski definition) is 13. The van der Waals surface area contributed by atoms with Gasteiger partial charge in [-0.25, -0.2) is 4.98 Å². The molecule has 2 fully saturated rings. The zero-order chi connectivity index (χ0) is 21.6. The van der Waals surface area contributed by atoms with Crippen molar-refractivity contribution in [1.29, 1.82) is 0 Å². The molecule has 4 rings (SSSR count). The van der Waals surface area contributed by atoms with Gasteiger partial charge in [0.1, 0.15) is 18.3 Å². The van der Waals surface area contributed by atoms with Crippen LogP contribution in [0.3, 0.4) is 0 Å². The van der Waals surface area contributed by atoms with Crippen LogP contribution in [0.2, 0.25) is 0 Å². The van der Waals surface area contributed by atoms with Crippen molar-refractivity contribution in [1.82, 2.24) is 19.5 Å². The summed E-state index contributed by atoms with van der Waals surface area (Å²) in [5.41, 5.74) is 4.98. The van der Waals surface area contributed by atoms with Gasteiger partial charge < -0.3 is 34.3 Å². The number of esters is 1. The Labute approximate surface area is 172 Å². The van der Waals surface area contributed by atoms with Gasteiger partial charge in [-0.15, -0.1) is 0 Å². The highest BCUT2D eigenvalue weighted by Gasteiger charge is 2.51. The first-order valence-electron chi connectivity index (χ1n) is 8.65. The third-order valence-electron chi connectivity index (χ3n) is 4.51. The van der Waals surface area contributed by atoms with Gasteiger partial charge in [0.15, 0.2) is 22.5 Å². The number of hydrogen-bond donors (Lipinski definition) is 3. The molecular formula is C14H17N5O9PS-. The Balaban J connectivity index is 1.73. The fourth-order valence-corrected chi connectivity index (χ4v) is 5.07. The van der Waals surface area contributed by atoms with Crippen LogP contribution in [-0.2, 0) is 27.9 Å². The maximum Gasteiger partial charge on any atom is 0.306 e. The van der Waals surface area contributed by atoms with Gasteiger partial charge in [0.05, 0.1) is 20.1 Å². The summed E-state index contributed by atoms with van der Waals surface area (Å²) in [4.78, 5) is 45.9. The predicted octanol–water partition coefficient (Wildman–Crippen LogP) is -1.50. The van der Waals surface area contributed by atoms with Crippen molar-refractivity contribution >= 4 is 42.7 Å². The van der Waals surface area contributed by atoms with Gasteiger partial charge in [0.2, 0.25) is 5.95 Å². The van der Waals surface area contributed by atoms with E-state index in [0.717, 1.165) is 11.8 Å². The van der Waals surface area contributed by atoms with Crippen LogP contribution in [-0.4, -0.2) is 68.4 Å². The summed E-state index contributed by atoms with van der Waals surface area (Å²) in [6, 6.07) is 0. The fourth-order valence-electron chi connectivity index (χ4n) is 3.18. The number of aliphatic hydroxyl groups is 1. The lowest BCUT2D eigenvalue weighted by molar-refractivity contribution is -0.245. The second kappa shape index (κ2) is 7.92. The molecule has 30 heavy (non-hydrogen) atoms. The van der Waals surface area contributed by atoms with Gasteiger partial charge in [-0.3, -0.25) is 23.7 Å². The van der Waals surface area contributed by atoms with Crippen molar-refractivity contribution in [2.45, 2.75) is 36.1 Å². The van der Waals surface area contributed by atoms with Crippen LogP contribution < -0.4 is 16.2 Å². The number of carbonyl (C=O) groups excluding carboxylic acids is 1. The molecule has 4 N–H and O–H groups in total. The largest absolute Gasteiger partial charge is 0.756 e. The molecule has 0 aliphatic carbocycles. The normalized spacial score (nSPS) is 31.0. The number of ether oxygens (including phenoxy) is 2. The molecule has 0 spiro atoms. The number of H-pyrrole nitrogens is 1. The summed E-state index contributed by atoms with van der Waals surface area (Å²) < 4.78 is 32.8. The maximum absolute atomic E-state index is 12.3. The molecule has 2 aromatic rings. The predicted molar refractivity (Wildman–Crippen MR) is 98.3 cm³/mol. The van der Waals surface area contributed by atoms with Gasteiger partial charge in [0.25, 0.3) is 13.4 Å². The number of phosphoric acid groups is 1. The minimum absolute atomic E-state index is 0.0192. The van der Waals surface area contributed by atoms with E-state index in [1.54, 1.807) is 0 Å². The Morgan fingerprint density at radius 3 is 3.03 bits per heavy atom. The maximum atomic E-state index is 12.3. The molecule has 0 saturated carbocycles. The number of carbonyl (C=O) groups is 1. The molecule has 164 valence electrons. The molecule has 2 aliphatic heterocycles. The SMILES string of the molecule is COC(=O)CCSc1nc2c(=O)[nH]c(N)nc2n1[C@@H]1OC2COP(=O)([O-])O[C@H]2C1O. The smallest absolute Gasteiger partial charge is 0.306 e. The number of nitrogens with one attached hydrogen (secondary N) is 1. The number of nitrogens with zero attached hydrogens (tertiary/aromatic N) is 3. The number of methoxy groups -OCH3 is 1. The van der Waals surface area contributed by atoms with E-state index >= 15 is 0 Å². The molecule has 2 aliphatic rings. The number of anilines is 1. The van der Waals surface area contributed by atoms with Crippen LogP contribution in [0.1, 0.15) is 12.6 Å². The molecule has 3 unspecified atom stereocenters. The highest BCUT2D eigenvalue weighted by Crippen LogP contribution is 2.50. The van der Waals surface area contributed by atoms with Gasteiger partial charge >= 0.3 is 5.97 Å². The Hall–Kier alpha value is -2.00. The third-order valence-corrected chi connectivity index (χ3v) is 6.43. The summed E-state index contributed by atoms with van der Waals surface area (Å²) in [6.45, 7) is -0.341. The molecule has 0 aromatic carbocycles. The number of aliphatic hydroxyl groups excluding tert-OH is 1. The minimum Gasteiger partial charge on any atom is -0.756 e. The average Bonchev–Trinajstić information content (AvgIpc) is 3.18. The molecule has 4 heterocycles. The summed E-state index contributed by atoms with van der Waals surface area (Å²) in [5.74, 6) is -0.382. The monoisotopic (exact) mass is 462 g/mol. The van der Waals surface area contributed by atoms with Crippen molar-refractivity contribution in [3.8, 4) is 0 Å². The quantitative estimate of drug-likeness (QED) is 0.263. The fraction of sp³-hybridized carbons (Fsp3) is 0.571. The number of aromatic amines is 1. The summed E-state index contributed by atoms with van der Waals surface area (Å²) in [6.07, 6.45) is -4.67. The number of nitrogen functional groups attached to an aromatic ring is 1. The number of phosphoric ester groups is 1. The number of fused-ring (bicyclic) bond motifs is 2. The molecule has 2 aromatic heterocycles. The lowest BCUT2D eigenvalue weighted by atomic mass is 10.1. The molecule has 0 radical (unpaired) electrons. The van der Waals surface area contributed by atoms with Crippen LogP contribution in [0.25, 0.3) is 11.2 Å². The lowest BCUT2D eigenvalue weighted by Gasteiger charge is -2.34. The van der Waals surface area contributed by atoms with Crippen molar-refractivity contribution in [3.63, 3.8) is 0 Å². The molecule has 14 nitrogen and oxygen atoms in total. The first kappa shape index (κ1) is 21.2. The zero-order valence-corrected chi connectivity index (χ0v) is 17.1. The van der Waals surface area contributed by atoms with E-state index in [1.165, 1.54) is 11.7 Å². The second-order valence-electron chi connectivity index (χ2n) is 6.43. The van der Waals surface area contributed by atoms with Gasteiger partial charge in [-0.05, 0) is 0 Å². The number of imidazole rings is 1. The van der Waals surface area contributed by atoms with Gasteiger partial charge in [-0.1, -0.05) is 11.8 Å². The topological polar surface area (TPSA) is 204 Å². The Bertz CT molecular complexity index is 1090. The highest BCUT2D eigenvalue weighted by molar-refractivity contribution is 7.99. The first-order valence-corrected chi connectivity index (χ1v) is 11.1. The molecule has 0 bridgehead atoms. The molecule has 5 atom stereocenters. The van der Waals surface area contributed by atoms with E-state index in [2.05, 4.69) is 24.2 Å². The summed E-state index contributed by atoms with van der Waals surface area (Å²) >= 11 is 1.09. The molecular weight excluding hydrogens is 445 g/mol. The standard InChI is InChI=1S/C14H18N5O9PS/c1-25-6(20)2-3-30-14-16-7-10(17-13(15)18-11(7)22)19(14)12-8(21)9-5(27-12)4-26-29(23,24)28-9/h5,8-9,12,21H,2-4H2,1H3,(H,23,24)(H3,15,17,18,22)/p-1/t5?,8?,9-,12-/m1/s1. The Kier molecular flexibility index (Phi) is 5.61. The van der Waals surface area contributed by atoms with Crippen molar-refractivity contribution in [2.24, 2.45) is 0 Å². The molecule has 16 heteroatoms. The van der Waals surface area contributed by atoms with Crippen LogP contribution in [0.15, 0.2) is 9.95 Å². The summed E-state index contributed by atoms with van der Waals surface area (Å²) in [5, 5.41) is 10.9. The summed E-state index contributed by atoms with van der Waals surface area (Å²) in [7, 11) is -3.31. The average molecular weight is 462 g/mol. The highest BCUT2D eigenvalue weighted by atomic mass is 32.2. The van der Waals surface area contributed by atoms with Crippen molar-refractivity contribution in [3.05, 3.63) is 10.4 Å². The zero-order valence-electron chi connectivity index (χ0n) is 15.4. The minimum atomic E-state index is -4.57. The number of thioether (sulfide) groups is 1. The van der Waals surface area contributed by atoms with E-state index in [1.807, 2.05) is 0 Å². The Morgan fingerprint density at radius 1 is 1.53 bits per heavy atom. The molecule has 2 saturated heterocycles. The van der Waals surface area contributed by atoms with E-state index in [0.29, 0.717) is 0 Å². The van der Waals surface area contributed by atoms with E-state index < -0.39 is 43.9 Å². The van der Waals surface area contributed by atoms with Crippen molar-refractivity contribution in [2.75, 3.05) is 25.2 Å². The van der Waals surface area contributed by atoms with E-state index in [9.17, 15) is 24.2 Å². The van der Waals surface area contributed by atoms with Crippen LogP contribution in [0, 0.1) is 0 Å². The third kappa shape index (κ3) is 3.85. The lowest BCUT2D eigenvalue weighted by Crippen LogP contribution is -2.41. The van der Waals surface area contributed by atoms with Gasteiger partial charge in [0, 0.05) is 5.75 Å². The second-order valence-corrected chi connectivity index (χ2v) is 8.86. The van der Waals surface area contributed by atoms with Crippen LogP contribution >= 0.6 is 19.6 Å². The van der Waals surface area contributed by atoms with Gasteiger partial charge in [-0.2, -0.15) is 4.98 Å². The van der Waals surface area contributed by atoms with Crippen molar-refractivity contribution < 1.29 is 37.9 Å². The number of rotatable bonds is 5. The molecule has 0 amide bonds. The van der Waals surface area contributed by atoms with E-state index in [-0.39, 0.29) is 41.0 Å². The number of aromatic nitrogens is 4. The first-order chi connectivity index (χ1) is 14.2. The van der Waals surface area contributed by atoms with Crippen LogP contribution in [0.5, 0.6) is 0 Å². The number of nitrogens with two attached hydrogens (primary N) is 1.